The molecule has 84 valence electrons. The van der Waals surface area contributed by atoms with Gasteiger partial charge in [-0.3, -0.25) is 14.7 Å². The summed E-state index contributed by atoms with van der Waals surface area (Å²) in [5.74, 6) is 0.597. The number of aryl methyl sites for hydroxylation is 1. The van der Waals surface area contributed by atoms with Gasteiger partial charge in [-0.05, 0) is 31.0 Å². The van der Waals surface area contributed by atoms with Crippen molar-refractivity contribution in [3.05, 3.63) is 29.3 Å². The Morgan fingerprint density at radius 3 is 2.81 bits per heavy atom. The third-order valence-corrected chi connectivity index (χ3v) is 3.79. The van der Waals surface area contributed by atoms with E-state index < -0.39 is 0 Å². The molecular weight excluding hydrogens is 220 g/mol. The van der Waals surface area contributed by atoms with Gasteiger partial charge in [-0.15, -0.1) is 0 Å². The van der Waals surface area contributed by atoms with Gasteiger partial charge in [0.15, 0.2) is 5.17 Å². The largest absolute Gasteiger partial charge is 0.273 e. The summed E-state index contributed by atoms with van der Waals surface area (Å²) in [4.78, 5) is 17.7. The van der Waals surface area contributed by atoms with Crippen molar-refractivity contribution in [2.75, 3.05) is 17.7 Å². The predicted molar refractivity (Wildman–Crippen MR) is 69.2 cm³/mol. The van der Waals surface area contributed by atoms with Crippen molar-refractivity contribution >= 4 is 28.5 Å². The van der Waals surface area contributed by atoms with E-state index in [1.54, 1.807) is 11.9 Å². The van der Waals surface area contributed by atoms with Crippen LogP contribution in [0.1, 0.15) is 11.1 Å². The molecule has 0 aromatic heterocycles. The van der Waals surface area contributed by atoms with Crippen LogP contribution in [0.25, 0.3) is 0 Å². The zero-order chi connectivity index (χ0) is 11.7. The molecular formula is C12H14N2OS. The molecule has 16 heavy (non-hydrogen) atoms. The Bertz CT molecular complexity index is 468. The number of amides is 1. The maximum Gasteiger partial charge on any atom is 0.243 e. The molecule has 0 spiro atoms. The average molecular weight is 234 g/mol. The third kappa shape index (κ3) is 1.73. The molecule has 0 atom stereocenters. The topological polar surface area (TPSA) is 32.7 Å². The number of thioether (sulfide) groups is 1. The second-order valence-corrected chi connectivity index (χ2v) is 4.69. The van der Waals surface area contributed by atoms with Crippen molar-refractivity contribution in [1.82, 2.24) is 0 Å². The fourth-order valence-electron chi connectivity index (χ4n) is 1.74. The molecule has 4 heteroatoms. The number of hydrogen-bond donors (Lipinski definition) is 0. The Kier molecular flexibility index (Phi) is 3.01. The number of benzene rings is 1. The number of nitrogens with zero attached hydrogens (tertiary/aromatic N) is 2. The highest BCUT2D eigenvalue weighted by atomic mass is 32.2. The van der Waals surface area contributed by atoms with Gasteiger partial charge in [0.1, 0.15) is 0 Å². The van der Waals surface area contributed by atoms with Crippen LogP contribution in [0.5, 0.6) is 0 Å². The Morgan fingerprint density at radius 1 is 1.38 bits per heavy atom. The van der Waals surface area contributed by atoms with Gasteiger partial charge in [-0.2, -0.15) is 0 Å². The number of rotatable bonds is 1. The van der Waals surface area contributed by atoms with Gasteiger partial charge in [0.2, 0.25) is 5.91 Å². The van der Waals surface area contributed by atoms with Crippen LogP contribution in [-0.2, 0) is 4.79 Å². The van der Waals surface area contributed by atoms with E-state index in [1.807, 2.05) is 19.1 Å². The minimum Gasteiger partial charge on any atom is -0.273 e. The van der Waals surface area contributed by atoms with Crippen LogP contribution in [0.4, 0.5) is 5.69 Å². The van der Waals surface area contributed by atoms with E-state index in [9.17, 15) is 4.79 Å². The summed E-state index contributed by atoms with van der Waals surface area (Å²) in [6.45, 7) is 4.09. The van der Waals surface area contributed by atoms with E-state index in [0.29, 0.717) is 5.75 Å². The first kappa shape index (κ1) is 11.2. The molecule has 0 radical (unpaired) electrons. The minimum absolute atomic E-state index is 0.110. The van der Waals surface area contributed by atoms with Gasteiger partial charge in [0.25, 0.3) is 0 Å². The lowest BCUT2D eigenvalue weighted by Crippen LogP contribution is -2.29. The predicted octanol–water partition coefficient (Wildman–Crippen LogP) is 2.37. The lowest BCUT2D eigenvalue weighted by molar-refractivity contribution is -0.115. The molecule has 1 fully saturated rings. The van der Waals surface area contributed by atoms with Crippen LogP contribution in [0, 0.1) is 13.8 Å². The van der Waals surface area contributed by atoms with Crippen LogP contribution < -0.4 is 4.90 Å². The van der Waals surface area contributed by atoms with E-state index >= 15 is 0 Å². The zero-order valence-corrected chi connectivity index (χ0v) is 10.5. The number of anilines is 1. The smallest absolute Gasteiger partial charge is 0.243 e. The van der Waals surface area contributed by atoms with Crippen molar-refractivity contribution in [2.45, 2.75) is 13.8 Å². The number of carbonyl (C=O) groups is 1. The SMILES string of the molecule is CN=C1SCC(=O)N1c1cccc(C)c1C. The zero-order valence-electron chi connectivity index (χ0n) is 9.65. The Morgan fingerprint density at radius 2 is 2.12 bits per heavy atom. The Balaban J connectivity index is 2.51. The lowest BCUT2D eigenvalue weighted by Gasteiger charge is -2.19. The molecule has 1 heterocycles. The summed E-state index contributed by atoms with van der Waals surface area (Å²) in [5.41, 5.74) is 3.28. The molecule has 1 amide bonds. The molecule has 2 rings (SSSR count). The maximum atomic E-state index is 11.8. The van der Waals surface area contributed by atoms with E-state index in [1.165, 1.54) is 17.3 Å². The van der Waals surface area contributed by atoms with Crippen LogP contribution >= 0.6 is 11.8 Å². The van der Waals surface area contributed by atoms with Crippen molar-refractivity contribution < 1.29 is 4.79 Å². The number of amidine groups is 1. The maximum absolute atomic E-state index is 11.8. The molecule has 1 aliphatic rings. The van der Waals surface area contributed by atoms with E-state index in [2.05, 4.69) is 18.0 Å². The van der Waals surface area contributed by atoms with Gasteiger partial charge in [0.05, 0.1) is 11.4 Å². The van der Waals surface area contributed by atoms with Crippen LogP contribution in [0.2, 0.25) is 0 Å². The van der Waals surface area contributed by atoms with Crippen LogP contribution in [0.3, 0.4) is 0 Å². The molecule has 0 aliphatic carbocycles. The van der Waals surface area contributed by atoms with Crippen molar-refractivity contribution in [1.29, 1.82) is 0 Å². The molecule has 1 saturated heterocycles. The van der Waals surface area contributed by atoms with E-state index in [-0.39, 0.29) is 5.91 Å². The van der Waals surface area contributed by atoms with Gasteiger partial charge >= 0.3 is 0 Å². The quantitative estimate of drug-likeness (QED) is 0.747. The number of carbonyl (C=O) groups excluding carboxylic acids is 1. The molecule has 0 N–H and O–H groups in total. The van der Waals surface area contributed by atoms with Gasteiger partial charge < -0.3 is 0 Å². The van der Waals surface area contributed by atoms with Crippen molar-refractivity contribution in [3.8, 4) is 0 Å². The van der Waals surface area contributed by atoms with E-state index in [0.717, 1.165) is 16.4 Å². The molecule has 1 aliphatic heterocycles. The third-order valence-electron chi connectivity index (χ3n) is 2.77. The van der Waals surface area contributed by atoms with Crippen molar-refractivity contribution in [2.24, 2.45) is 4.99 Å². The van der Waals surface area contributed by atoms with Gasteiger partial charge in [-0.1, -0.05) is 23.9 Å². The molecule has 0 unspecified atom stereocenters. The summed E-state index contributed by atoms with van der Waals surface area (Å²) in [6.07, 6.45) is 0. The summed E-state index contributed by atoms with van der Waals surface area (Å²) in [5, 5.41) is 0.790. The summed E-state index contributed by atoms with van der Waals surface area (Å²) in [6, 6.07) is 5.99. The molecule has 0 bridgehead atoms. The van der Waals surface area contributed by atoms with Crippen LogP contribution in [-0.4, -0.2) is 23.9 Å². The fourth-order valence-corrected chi connectivity index (χ4v) is 2.58. The van der Waals surface area contributed by atoms with Gasteiger partial charge in [-0.25, -0.2) is 0 Å². The first-order valence-corrected chi connectivity index (χ1v) is 6.12. The van der Waals surface area contributed by atoms with E-state index in [4.69, 9.17) is 0 Å². The van der Waals surface area contributed by atoms with Gasteiger partial charge in [0, 0.05) is 7.05 Å². The van der Waals surface area contributed by atoms with Crippen LogP contribution in [0.15, 0.2) is 23.2 Å². The first-order valence-electron chi connectivity index (χ1n) is 5.14. The highest BCUT2D eigenvalue weighted by Crippen LogP contribution is 2.30. The highest BCUT2D eigenvalue weighted by molar-refractivity contribution is 8.15. The summed E-state index contributed by atoms with van der Waals surface area (Å²) in [7, 11) is 1.72. The second-order valence-electron chi connectivity index (χ2n) is 3.74. The monoisotopic (exact) mass is 234 g/mol. The average Bonchev–Trinajstić information content (AvgIpc) is 2.64. The lowest BCUT2D eigenvalue weighted by atomic mass is 10.1. The Hall–Kier alpha value is -1.29. The summed E-state index contributed by atoms with van der Waals surface area (Å²) >= 11 is 1.49. The minimum atomic E-state index is 0.110. The normalized spacial score (nSPS) is 18.6. The molecule has 3 nitrogen and oxygen atoms in total. The van der Waals surface area contributed by atoms with Crippen molar-refractivity contribution in [3.63, 3.8) is 0 Å². The second kappa shape index (κ2) is 4.29. The fraction of sp³-hybridized carbons (Fsp3) is 0.333. The highest BCUT2D eigenvalue weighted by Gasteiger charge is 2.30. The molecule has 1 aromatic carbocycles. The summed E-state index contributed by atoms with van der Waals surface area (Å²) < 4.78 is 0. The molecule has 1 aromatic rings. The Labute approximate surface area is 99.6 Å². The molecule has 0 saturated carbocycles. The standard InChI is InChI=1S/C12H14N2OS/c1-8-5-4-6-10(9(8)2)14-11(15)7-16-12(14)13-3/h4-6H,7H2,1-3H3. The first-order chi connectivity index (χ1) is 7.65. The number of aliphatic imine (C=N–C) groups is 1. The number of hydrogen-bond acceptors (Lipinski definition) is 3.